The molecule has 0 fully saturated rings. The Balaban J connectivity index is 1.47. The second kappa shape index (κ2) is 10.3. The minimum atomic E-state index is -0.301. The van der Waals surface area contributed by atoms with Gasteiger partial charge in [-0.2, -0.15) is 0 Å². The van der Waals surface area contributed by atoms with E-state index in [9.17, 15) is 4.79 Å². The Morgan fingerprint density at radius 2 is 1.91 bits per heavy atom. The first-order valence-electron chi connectivity index (χ1n) is 10.9. The highest BCUT2D eigenvalue weighted by Gasteiger charge is 2.12. The van der Waals surface area contributed by atoms with Crippen LogP contribution in [0, 0.1) is 0 Å². The highest BCUT2D eigenvalue weighted by molar-refractivity contribution is 6.36. The van der Waals surface area contributed by atoms with Gasteiger partial charge in [-0.05, 0) is 72.5 Å². The number of hydrogen-bond donors (Lipinski definition) is 1. The molecule has 0 saturated carbocycles. The van der Waals surface area contributed by atoms with Crippen LogP contribution in [0.25, 0.3) is 28.6 Å². The van der Waals surface area contributed by atoms with Crippen molar-refractivity contribution in [3.05, 3.63) is 81.8 Å². The number of nitrogens with one attached hydrogen (secondary N) is 1. The maximum Gasteiger partial charge on any atom is 0.248 e. The van der Waals surface area contributed by atoms with Gasteiger partial charge in [0.2, 0.25) is 11.8 Å². The van der Waals surface area contributed by atoms with Crippen molar-refractivity contribution >= 4 is 52.0 Å². The van der Waals surface area contributed by atoms with Crippen LogP contribution in [0.1, 0.15) is 37.3 Å². The molecular weight excluding hydrogens is 471 g/mol. The van der Waals surface area contributed by atoms with E-state index < -0.39 is 0 Å². The molecule has 0 aliphatic carbocycles. The summed E-state index contributed by atoms with van der Waals surface area (Å²) in [5.74, 6) is 1.16. The molecule has 0 aliphatic rings. The summed E-state index contributed by atoms with van der Waals surface area (Å²) in [6, 6.07) is 16.7. The second-order valence-electron chi connectivity index (χ2n) is 7.97. The Bertz CT molecular complexity index is 1360. The van der Waals surface area contributed by atoms with Gasteiger partial charge in [-0.15, -0.1) is 0 Å². The lowest BCUT2D eigenvalue weighted by atomic mass is 9.98. The molecular formula is C27H24Cl2N2O3. The van der Waals surface area contributed by atoms with Gasteiger partial charge in [-0.1, -0.05) is 43.1 Å². The van der Waals surface area contributed by atoms with Crippen LogP contribution in [0.15, 0.2) is 65.1 Å². The molecule has 34 heavy (non-hydrogen) atoms. The van der Waals surface area contributed by atoms with Gasteiger partial charge >= 0.3 is 0 Å². The fourth-order valence-electron chi connectivity index (χ4n) is 3.58. The van der Waals surface area contributed by atoms with Crippen LogP contribution in [0.4, 0.5) is 5.69 Å². The predicted octanol–water partition coefficient (Wildman–Crippen LogP) is 7.98. The van der Waals surface area contributed by atoms with Gasteiger partial charge in [-0.25, -0.2) is 4.98 Å². The Kier molecular flexibility index (Phi) is 7.25. The van der Waals surface area contributed by atoms with Crippen LogP contribution < -0.4 is 10.1 Å². The predicted molar refractivity (Wildman–Crippen MR) is 139 cm³/mol. The number of rotatable bonds is 7. The van der Waals surface area contributed by atoms with Crippen LogP contribution in [0.3, 0.4) is 0 Å². The number of ether oxygens (including phenoxy) is 1. The van der Waals surface area contributed by atoms with Gasteiger partial charge in [0.05, 0.1) is 12.1 Å². The van der Waals surface area contributed by atoms with Crippen molar-refractivity contribution in [2.24, 2.45) is 0 Å². The van der Waals surface area contributed by atoms with Gasteiger partial charge < -0.3 is 14.5 Å². The largest absolute Gasteiger partial charge is 0.495 e. The molecule has 0 aliphatic heterocycles. The van der Waals surface area contributed by atoms with Crippen LogP contribution in [-0.2, 0) is 4.79 Å². The molecule has 4 rings (SSSR count). The molecule has 7 heteroatoms. The molecule has 1 amide bonds. The van der Waals surface area contributed by atoms with Gasteiger partial charge in [-0.3, -0.25) is 4.79 Å². The summed E-state index contributed by atoms with van der Waals surface area (Å²) in [5, 5.41) is 3.66. The molecule has 1 heterocycles. The number of halogens is 2. The van der Waals surface area contributed by atoms with E-state index in [1.165, 1.54) is 18.7 Å². The molecule has 1 unspecified atom stereocenters. The number of benzene rings is 3. The van der Waals surface area contributed by atoms with Crippen molar-refractivity contribution in [2.45, 2.75) is 26.2 Å². The molecule has 174 valence electrons. The lowest BCUT2D eigenvalue weighted by Gasteiger charge is -2.08. The van der Waals surface area contributed by atoms with Gasteiger partial charge in [0.25, 0.3) is 0 Å². The number of aromatic nitrogens is 1. The van der Waals surface area contributed by atoms with E-state index in [0.29, 0.717) is 38.9 Å². The number of oxazole rings is 1. The van der Waals surface area contributed by atoms with E-state index in [4.69, 9.17) is 32.4 Å². The number of nitrogens with zero attached hydrogens (tertiary/aromatic N) is 1. The monoisotopic (exact) mass is 494 g/mol. The smallest absolute Gasteiger partial charge is 0.248 e. The summed E-state index contributed by atoms with van der Waals surface area (Å²) in [5.41, 5.74) is 4.92. The van der Waals surface area contributed by atoms with Crippen LogP contribution in [0.2, 0.25) is 10.0 Å². The van der Waals surface area contributed by atoms with Crippen LogP contribution in [0.5, 0.6) is 5.75 Å². The van der Waals surface area contributed by atoms with Crippen molar-refractivity contribution in [3.63, 3.8) is 0 Å². The minimum absolute atomic E-state index is 0.301. The molecule has 1 aromatic heterocycles. The average molecular weight is 495 g/mol. The fourth-order valence-corrected chi connectivity index (χ4v) is 4.16. The van der Waals surface area contributed by atoms with Crippen molar-refractivity contribution in [3.8, 4) is 17.2 Å². The maximum atomic E-state index is 12.4. The van der Waals surface area contributed by atoms with Crippen molar-refractivity contribution in [1.29, 1.82) is 0 Å². The third-order valence-corrected chi connectivity index (χ3v) is 6.15. The molecule has 1 N–H and O–H groups in total. The van der Waals surface area contributed by atoms with Gasteiger partial charge in [0, 0.05) is 27.9 Å². The lowest BCUT2D eigenvalue weighted by molar-refractivity contribution is -0.111. The van der Waals surface area contributed by atoms with Gasteiger partial charge in [0.1, 0.15) is 11.3 Å². The van der Waals surface area contributed by atoms with E-state index >= 15 is 0 Å². The van der Waals surface area contributed by atoms with Crippen LogP contribution >= 0.6 is 23.2 Å². The standard InChI is InChI=1S/C27H24Cl2N2O3/c1-4-16(2)18-7-11-24-23(14-18)31-27(34-24)17-5-9-21(10-6-17)30-25(32)12-8-19-13-20(28)15-22(29)26(19)33-3/h5-16H,4H2,1-3H3,(H,30,32). The number of carbonyl (C=O) groups is 1. The zero-order valence-electron chi connectivity index (χ0n) is 19.1. The summed E-state index contributed by atoms with van der Waals surface area (Å²) in [6.45, 7) is 4.37. The van der Waals surface area contributed by atoms with Crippen LogP contribution in [-0.4, -0.2) is 18.0 Å². The Morgan fingerprint density at radius 1 is 1.15 bits per heavy atom. The highest BCUT2D eigenvalue weighted by Crippen LogP contribution is 2.33. The Morgan fingerprint density at radius 3 is 2.62 bits per heavy atom. The third-order valence-electron chi connectivity index (χ3n) is 5.65. The van der Waals surface area contributed by atoms with E-state index in [0.717, 1.165) is 23.1 Å². The number of carbonyl (C=O) groups excluding carboxylic acids is 1. The quantitative estimate of drug-likeness (QED) is 0.264. The third kappa shape index (κ3) is 5.27. The zero-order chi connectivity index (χ0) is 24.2. The maximum absolute atomic E-state index is 12.4. The fraction of sp³-hybridized carbons (Fsp3) is 0.185. The molecule has 0 spiro atoms. The summed E-state index contributed by atoms with van der Waals surface area (Å²) in [6.07, 6.45) is 4.07. The molecule has 5 nitrogen and oxygen atoms in total. The Labute approximate surface area is 208 Å². The topological polar surface area (TPSA) is 64.4 Å². The highest BCUT2D eigenvalue weighted by atomic mass is 35.5. The SMILES string of the molecule is CCC(C)c1ccc2oc(-c3ccc(NC(=O)C=Cc4cc(Cl)cc(Cl)c4OC)cc3)nc2c1. The van der Waals surface area contributed by atoms with Crippen molar-refractivity contribution in [2.75, 3.05) is 12.4 Å². The summed E-state index contributed by atoms with van der Waals surface area (Å²) in [7, 11) is 1.51. The summed E-state index contributed by atoms with van der Waals surface area (Å²) in [4.78, 5) is 17.0. The summed E-state index contributed by atoms with van der Waals surface area (Å²) < 4.78 is 11.2. The molecule has 0 bridgehead atoms. The van der Waals surface area contributed by atoms with E-state index in [1.807, 2.05) is 18.2 Å². The molecule has 1 atom stereocenters. The van der Waals surface area contributed by atoms with Crippen molar-refractivity contribution < 1.29 is 13.9 Å². The normalized spacial score (nSPS) is 12.3. The molecule has 0 saturated heterocycles. The first kappa shape index (κ1) is 23.9. The summed E-state index contributed by atoms with van der Waals surface area (Å²) >= 11 is 12.2. The number of hydrogen-bond acceptors (Lipinski definition) is 4. The molecule has 3 aromatic carbocycles. The molecule has 0 radical (unpaired) electrons. The lowest BCUT2D eigenvalue weighted by Crippen LogP contribution is -2.07. The number of amides is 1. The van der Waals surface area contributed by atoms with Crippen molar-refractivity contribution in [1.82, 2.24) is 4.98 Å². The zero-order valence-corrected chi connectivity index (χ0v) is 20.6. The number of fused-ring (bicyclic) bond motifs is 1. The second-order valence-corrected chi connectivity index (χ2v) is 8.81. The first-order chi connectivity index (χ1) is 16.4. The van der Waals surface area contributed by atoms with E-state index in [-0.39, 0.29) is 5.91 Å². The Hall–Kier alpha value is -3.28. The number of anilines is 1. The van der Waals surface area contributed by atoms with Gasteiger partial charge in [0.15, 0.2) is 5.58 Å². The molecule has 4 aromatic rings. The van der Waals surface area contributed by atoms with E-state index in [2.05, 4.69) is 36.3 Å². The first-order valence-corrected chi connectivity index (χ1v) is 11.7. The average Bonchev–Trinajstić information content (AvgIpc) is 3.26. The number of methoxy groups -OCH3 is 1. The van der Waals surface area contributed by atoms with E-state index in [1.54, 1.807) is 30.3 Å². The minimum Gasteiger partial charge on any atom is -0.495 e.